The van der Waals surface area contributed by atoms with E-state index in [2.05, 4.69) is 4.74 Å². The Labute approximate surface area is 75.1 Å². The number of ether oxygens (including phenoxy) is 1. The summed E-state index contributed by atoms with van der Waals surface area (Å²) in [5, 5.41) is 0. The van der Waals surface area contributed by atoms with Crippen LogP contribution in [0.15, 0.2) is 12.3 Å². The van der Waals surface area contributed by atoms with Gasteiger partial charge in [0.1, 0.15) is 0 Å². The summed E-state index contributed by atoms with van der Waals surface area (Å²) in [5.74, 6) is -0.422. The minimum atomic E-state index is -0.441. The lowest BCUT2D eigenvalue weighted by Crippen LogP contribution is -2.06. The van der Waals surface area contributed by atoms with Crippen molar-refractivity contribution in [1.29, 1.82) is 0 Å². The number of carbonyl (C=O) groups is 2. The maximum absolute atomic E-state index is 11.3. The smallest absolute Gasteiger partial charge is 0.340 e. The molecule has 2 heterocycles. The summed E-state index contributed by atoms with van der Waals surface area (Å²) in [6, 6.07) is 1.62. The topological polar surface area (TPSA) is 48.3 Å². The minimum Gasteiger partial charge on any atom is -0.465 e. The van der Waals surface area contributed by atoms with Gasteiger partial charge in [0.25, 0.3) is 0 Å². The number of fused-ring (bicyclic) bond motifs is 1. The van der Waals surface area contributed by atoms with Crippen LogP contribution in [0.5, 0.6) is 0 Å². The van der Waals surface area contributed by atoms with Crippen molar-refractivity contribution in [3.05, 3.63) is 23.5 Å². The Hall–Kier alpha value is -1.58. The van der Waals surface area contributed by atoms with E-state index in [0.717, 1.165) is 0 Å². The van der Waals surface area contributed by atoms with Crippen LogP contribution >= 0.6 is 0 Å². The molecule has 0 N–H and O–H groups in total. The van der Waals surface area contributed by atoms with E-state index in [1.807, 2.05) is 0 Å². The van der Waals surface area contributed by atoms with Crippen LogP contribution in [-0.2, 0) is 11.3 Å². The van der Waals surface area contributed by atoms with E-state index in [-0.39, 0.29) is 5.78 Å². The largest absolute Gasteiger partial charge is 0.465 e. The number of methoxy groups -OCH3 is 1. The summed E-state index contributed by atoms with van der Waals surface area (Å²) in [6.45, 7) is 0.672. The second-order valence-corrected chi connectivity index (χ2v) is 2.94. The normalized spacial score (nSPS) is 14.4. The van der Waals surface area contributed by atoms with Gasteiger partial charge in [-0.1, -0.05) is 0 Å². The summed E-state index contributed by atoms with van der Waals surface area (Å²) in [7, 11) is 1.31. The predicted octanol–water partition coefficient (Wildman–Crippen LogP) is 0.861. The van der Waals surface area contributed by atoms with E-state index in [1.165, 1.54) is 7.11 Å². The lowest BCUT2D eigenvalue weighted by atomic mass is 10.2. The number of ketones is 1. The molecule has 68 valence electrons. The third kappa shape index (κ3) is 1.06. The molecule has 0 unspecified atom stereocenters. The number of Topliss-reactive ketones (excluding diaryl/α,β-unsaturated/α-hetero) is 1. The lowest BCUT2D eigenvalue weighted by Gasteiger charge is -1.97. The van der Waals surface area contributed by atoms with E-state index >= 15 is 0 Å². The number of hydrogen-bond donors (Lipinski definition) is 0. The van der Waals surface area contributed by atoms with Gasteiger partial charge in [0.05, 0.1) is 18.4 Å². The SMILES string of the molecule is COC(=O)c1ccn2c1C(=O)CC2. The zero-order chi connectivity index (χ0) is 9.42. The molecule has 0 spiro atoms. The van der Waals surface area contributed by atoms with Gasteiger partial charge in [-0.25, -0.2) is 4.79 Å². The number of hydrogen-bond acceptors (Lipinski definition) is 3. The van der Waals surface area contributed by atoms with Crippen molar-refractivity contribution < 1.29 is 14.3 Å². The molecule has 0 fully saturated rings. The first-order chi connectivity index (χ1) is 6.24. The number of rotatable bonds is 1. The average molecular weight is 179 g/mol. The number of aryl methyl sites for hydroxylation is 1. The van der Waals surface area contributed by atoms with Gasteiger partial charge in [0.15, 0.2) is 5.78 Å². The van der Waals surface area contributed by atoms with Crippen molar-refractivity contribution in [1.82, 2.24) is 4.57 Å². The second kappa shape index (κ2) is 2.73. The lowest BCUT2D eigenvalue weighted by molar-refractivity contribution is 0.0597. The molecular weight excluding hydrogens is 170 g/mol. The Morgan fingerprint density at radius 3 is 3.08 bits per heavy atom. The van der Waals surface area contributed by atoms with Gasteiger partial charge in [-0.05, 0) is 6.07 Å². The van der Waals surface area contributed by atoms with Crippen molar-refractivity contribution in [3.8, 4) is 0 Å². The molecule has 0 radical (unpaired) electrons. The quantitative estimate of drug-likeness (QED) is 0.601. The zero-order valence-electron chi connectivity index (χ0n) is 7.24. The molecule has 0 amide bonds. The standard InChI is InChI=1S/C9H9NO3/c1-13-9(12)6-2-4-10-5-3-7(11)8(6)10/h2,4H,3,5H2,1H3. The summed E-state index contributed by atoms with van der Waals surface area (Å²) in [6.07, 6.45) is 2.23. The van der Waals surface area contributed by atoms with E-state index in [0.29, 0.717) is 24.2 Å². The molecule has 0 saturated heterocycles. The van der Waals surface area contributed by atoms with Crippen LogP contribution in [0.3, 0.4) is 0 Å². The van der Waals surface area contributed by atoms with Gasteiger partial charge in [-0.3, -0.25) is 4.79 Å². The average Bonchev–Trinajstić information content (AvgIpc) is 2.68. The monoisotopic (exact) mass is 179 g/mol. The fourth-order valence-corrected chi connectivity index (χ4v) is 1.58. The molecule has 4 nitrogen and oxygen atoms in total. The fourth-order valence-electron chi connectivity index (χ4n) is 1.58. The highest BCUT2D eigenvalue weighted by Gasteiger charge is 2.26. The van der Waals surface area contributed by atoms with Crippen molar-refractivity contribution in [2.24, 2.45) is 0 Å². The summed E-state index contributed by atoms with van der Waals surface area (Å²) in [5.41, 5.74) is 0.872. The Morgan fingerprint density at radius 1 is 1.62 bits per heavy atom. The van der Waals surface area contributed by atoms with Crippen LogP contribution in [0.2, 0.25) is 0 Å². The Balaban J connectivity index is 2.49. The summed E-state index contributed by atoms with van der Waals surface area (Å²) >= 11 is 0. The number of aromatic nitrogens is 1. The molecular formula is C9H9NO3. The highest BCUT2D eigenvalue weighted by molar-refractivity contribution is 6.06. The minimum absolute atomic E-state index is 0.0189. The molecule has 0 bridgehead atoms. The van der Waals surface area contributed by atoms with Gasteiger partial charge in [0.2, 0.25) is 0 Å². The van der Waals surface area contributed by atoms with E-state index < -0.39 is 5.97 Å². The van der Waals surface area contributed by atoms with Crippen LogP contribution in [-0.4, -0.2) is 23.4 Å². The van der Waals surface area contributed by atoms with Gasteiger partial charge in [0, 0.05) is 19.2 Å². The molecule has 0 aliphatic carbocycles. The highest BCUT2D eigenvalue weighted by atomic mass is 16.5. The van der Waals surface area contributed by atoms with Gasteiger partial charge in [-0.15, -0.1) is 0 Å². The highest BCUT2D eigenvalue weighted by Crippen LogP contribution is 2.20. The van der Waals surface area contributed by atoms with Crippen LogP contribution in [0, 0.1) is 0 Å². The number of carbonyl (C=O) groups excluding carboxylic acids is 2. The van der Waals surface area contributed by atoms with E-state index in [4.69, 9.17) is 0 Å². The fraction of sp³-hybridized carbons (Fsp3) is 0.333. The van der Waals surface area contributed by atoms with Gasteiger partial charge in [-0.2, -0.15) is 0 Å². The number of nitrogens with zero attached hydrogens (tertiary/aromatic N) is 1. The van der Waals surface area contributed by atoms with E-state index in [1.54, 1.807) is 16.8 Å². The third-order valence-electron chi connectivity index (χ3n) is 2.21. The van der Waals surface area contributed by atoms with Crippen LogP contribution in [0.1, 0.15) is 27.3 Å². The van der Waals surface area contributed by atoms with Crippen LogP contribution in [0.25, 0.3) is 0 Å². The molecule has 1 aliphatic rings. The summed E-state index contributed by atoms with van der Waals surface area (Å²) in [4.78, 5) is 22.5. The van der Waals surface area contributed by atoms with Crippen molar-refractivity contribution in [2.75, 3.05) is 7.11 Å². The van der Waals surface area contributed by atoms with Crippen molar-refractivity contribution in [3.63, 3.8) is 0 Å². The molecule has 0 saturated carbocycles. The maximum Gasteiger partial charge on any atom is 0.340 e. The molecule has 2 rings (SSSR count). The Bertz CT molecular complexity index is 378. The Morgan fingerprint density at radius 2 is 2.38 bits per heavy atom. The van der Waals surface area contributed by atoms with E-state index in [9.17, 15) is 9.59 Å². The first-order valence-electron chi connectivity index (χ1n) is 4.04. The molecule has 1 aromatic rings. The van der Waals surface area contributed by atoms with Crippen molar-refractivity contribution in [2.45, 2.75) is 13.0 Å². The molecule has 4 heteroatoms. The number of esters is 1. The molecule has 13 heavy (non-hydrogen) atoms. The predicted molar refractivity (Wildman–Crippen MR) is 44.7 cm³/mol. The Kier molecular flexibility index (Phi) is 1.69. The van der Waals surface area contributed by atoms with Gasteiger partial charge >= 0.3 is 5.97 Å². The van der Waals surface area contributed by atoms with Crippen LogP contribution < -0.4 is 0 Å². The molecule has 0 aromatic carbocycles. The first-order valence-corrected chi connectivity index (χ1v) is 4.04. The maximum atomic E-state index is 11.3. The molecule has 1 aliphatic heterocycles. The van der Waals surface area contributed by atoms with Gasteiger partial charge < -0.3 is 9.30 Å². The third-order valence-corrected chi connectivity index (χ3v) is 2.21. The second-order valence-electron chi connectivity index (χ2n) is 2.94. The van der Waals surface area contributed by atoms with Crippen LogP contribution in [0.4, 0.5) is 0 Å². The zero-order valence-corrected chi connectivity index (χ0v) is 7.24. The first kappa shape index (κ1) is 8.04. The molecule has 1 aromatic heterocycles. The molecule has 0 atom stereocenters. The summed E-state index contributed by atoms with van der Waals surface area (Å²) < 4.78 is 6.35. The van der Waals surface area contributed by atoms with Crippen molar-refractivity contribution >= 4 is 11.8 Å².